The third-order valence-electron chi connectivity index (χ3n) is 3.34. The molecular formula is C13H16N2O2S. The molecular weight excluding hydrogens is 248 g/mol. The van der Waals surface area contributed by atoms with E-state index in [1.165, 1.54) is 0 Å². The summed E-state index contributed by atoms with van der Waals surface area (Å²) in [5, 5.41) is 8.94. The van der Waals surface area contributed by atoms with E-state index in [9.17, 15) is 8.42 Å². The minimum absolute atomic E-state index is 0.133. The molecule has 0 saturated heterocycles. The molecule has 5 heteroatoms. The topological polar surface area (TPSA) is 70.0 Å². The van der Waals surface area contributed by atoms with E-state index in [0.29, 0.717) is 11.1 Å². The van der Waals surface area contributed by atoms with Crippen molar-refractivity contribution in [1.29, 1.82) is 5.26 Å². The first-order valence-electron chi connectivity index (χ1n) is 5.94. The van der Waals surface area contributed by atoms with Crippen LogP contribution < -0.4 is 4.72 Å². The van der Waals surface area contributed by atoms with Gasteiger partial charge in [-0.2, -0.15) is 5.26 Å². The van der Waals surface area contributed by atoms with Crippen LogP contribution in [0.1, 0.15) is 37.3 Å². The number of benzene rings is 1. The molecule has 0 spiro atoms. The molecule has 0 atom stereocenters. The predicted octanol–water partition coefficient (Wildman–Crippen LogP) is 1.92. The summed E-state index contributed by atoms with van der Waals surface area (Å²) in [6, 6.07) is 8.81. The Kier molecular flexibility index (Phi) is 3.42. The Morgan fingerprint density at radius 2 is 2.06 bits per heavy atom. The van der Waals surface area contributed by atoms with Gasteiger partial charge in [-0.3, -0.25) is 0 Å². The van der Waals surface area contributed by atoms with E-state index >= 15 is 0 Å². The number of rotatable bonds is 4. The van der Waals surface area contributed by atoms with Crippen molar-refractivity contribution < 1.29 is 8.42 Å². The van der Waals surface area contributed by atoms with Gasteiger partial charge in [-0.1, -0.05) is 18.2 Å². The molecule has 0 amide bonds. The van der Waals surface area contributed by atoms with E-state index in [1.807, 2.05) is 13.0 Å². The van der Waals surface area contributed by atoms with Gasteiger partial charge in [0.2, 0.25) is 10.0 Å². The second-order valence-electron chi connectivity index (χ2n) is 5.04. The van der Waals surface area contributed by atoms with Crippen LogP contribution in [-0.4, -0.2) is 14.0 Å². The largest absolute Gasteiger partial charge is 0.216 e. The molecule has 0 aromatic heterocycles. The van der Waals surface area contributed by atoms with Crippen LogP contribution in [0.3, 0.4) is 0 Å². The molecule has 1 aliphatic rings. The number of sulfonamides is 1. The van der Waals surface area contributed by atoms with Crippen molar-refractivity contribution in [2.45, 2.75) is 37.5 Å². The second-order valence-corrected chi connectivity index (χ2v) is 6.77. The highest BCUT2D eigenvalue weighted by Gasteiger charge is 2.35. The summed E-state index contributed by atoms with van der Waals surface area (Å²) in [6.07, 6.45) is 2.83. The zero-order valence-corrected chi connectivity index (χ0v) is 11.1. The molecule has 0 bridgehead atoms. The Bertz CT molecular complexity index is 583. The molecule has 4 nitrogen and oxygen atoms in total. The molecule has 96 valence electrons. The molecule has 1 aromatic carbocycles. The van der Waals surface area contributed by atoms with E-state index < -0.39 is 10.0 Å². The lowest BCUT2D eigenvalue weighted by Crippen LogP contribution is -2.51. The first-order valence-corrected chi connectivity index (χ1v) is 7.59. The standard InChI is InChI=1S/C13H16N2O2S/c1-13(7-4-8-13)15-18(16,17)10-12-6-3-2-5-11(12)9-14/h2-3,5-6,15H,4,7-8,10H2,1H3. The summed E-state index contributed by atoms with van der Waals surface area (Å²) in [4.78, 5) is 0. The van der Waals surface area contributed by atoms with Crippen LogP contribution in [0.5, 0.6) is 0 Å². The number of hydrogen-bond donors (Lipinski definition) is 1. The van der Waals surface area contributed by atoms with Crippen LogP contribution in [0.4, 0.5) is 0 Å². The summed E-state index contributed by atoms with van der Waals surface area (Å²) >= 11 is 0. The Hall–Kier alpha value is -1.38. The van der Waals surface area contributed by atoms with Gasteiger partial charge < -0.3 is 0 Å². The third-order valence-corrected chi connectivity index (χ3v) is 4.84. The van der Waals surface area contributed by atoms with E-state index in [0.717, 1.165) is 19.3 Å². The van der Waals surface area contributed by atoms with Crippen molar-refractivity contribution in [3.05, 3.63) is 35.4 Å². The Morgan fingerprint density at radius 1 is 1.39 bits per heavy atom. The highest BCUT2D eigenvalue weighted by molar-refractivity contribution is 7.88. The van der Waals surface area contributed by atoms with Gasteiger partial charge in [-0.15, -0.1) is 0 Å². The van der Waals surface area contributed by atoms with Crippen LogP contribution in [0.2, 0.25) is 0 Å². The minimum atomic E-state index is -3.39. The molecule has 2 rings (SSSR count). The lowest BCUT2D eigenvalue weighted by Gasteiger charge is -2.38. The fourth-order valence-electron chi connectivity index (χ4n) is 2.18. The molecule has 1 aromatic rings. The van der Waals surface area contributed by atoms with Crippen LogP contribution >= 0.6 is 0 Å². The number of hydrogen-bond acceptors (Lipinski definition) is 3. The maximum Gasteiger partial charge on any atom is 0.216 e. The second kappa shape index (κ2) is 4.71. The Labute approximate surface area is 108 Å². The highest BCUT2D eigenvalue weighted by Crippen LogP contribution is 2.32. The molecule has 18 heavy (non-hydrogen) atoms. The fraction of sp³-hybridized carbons (Fsp3) is 0.462. The first kappa shape index (κ1) is 13.1. The Balaban J connectivity index is 2.15. The number of nitrogens with one attached hydrogen (secondary N) is 1. The van der Waals surface area contributed by atoms with Crippen molar-refractivity contribution in [3.63, 3.8) is 0 Å². The molecule has 1 fully saturated rings. The normalized spacial score (nSPS) is 17.8. The van der Waals surface area contributed by atoms with Crippen molar-refractivity contribution in [1.82, 2.24) is 4.72 Å². The van der Waals surface area contributed by atoms with Crippen LogP contribution in [0, 0.1) is 11.3 Å². The molecule has 1 aliphatic carbocycles. The summed E-state index contributed by atoms with van der Waals surface area (Å²) < 4.78 is 26.8. The molecule has 0 heterocycles. The Morgan fingerprint density at radius 3 is 2.61 bits per heavy atom. The van der Waals surface area contributed by atoms with Gasteiger partial charge in [0, 0.05) is 5.54 Å². The van der Waals surface area contributed by atoms with Gasteiger partial charge in [-0.25, -0.2) is 13.1 Å². The van der Waals surface area contributed by atoms with Gasteiger partial charge in [0.05, 0.1) is 17.4 Å². The third kappa shape index (κ3) is 2.89. The average Bonchev–Trinajstić information content (AvgIpc) is 2.26. The van der Waals surface area contributed by atoms with Gasteiger partial charge in [0.25, 0.3) is 0 Å². The van der Waals surface area contributed by atoms with Crippen molar-refractivity contribution in [3.8, 4) is 6.07 Å². The lowest BCUT2D eigenvalue weighted by molar-refractivity contribution is 0.248. The summed E-state index contributed by atoms with van der Waals surface area (Å²) in [6.45, 7) is 1.92. The van der Waals surface area contributed by atoms with Gasteiger partial charge in [0.15, 0.2) is 0 Å². The van der Waals surface area contributed by atoms with E-state index in [1.54, 1.807) is 24.3 Å². The zero-order valence-electron chi connectivity index (χ0n) is 10.3. The number of nitriles is 1. The fourth-order valence-corrected chi connectivity index (χ4v) is 3.87. The SMILES string of the molecule is CC1(NS(=O)(=O)Cc2ccccc2C#N)CCC1. The molecule has 1 saturated carbocycles. The number of nitrogens with zero attached hydrogens (tertiary/aromatic N) is 1. The van der Waals surface area contributed by atoms with Crippen LogP contribution in [-0.2, 0) is 15.8 Å². The smallest absolute Gasteiger partial charge is 0.212 e. The maximum absolute atomic E-state index is 12.1. The molecule has 0 radical (unpaired) electrons. The van der Waals surface area contributed by atoms with Gasteiger partial charge in [-0.05, 0) is 37.8 Å². The van der Waals surface area contributed by atoms with E-state index in [4.69, 9.17) is 5.26 Å². The minimum Gasteiger partial charge on any atom is -0.212 e. The van der Waals surface area contributed by atoms with E-state index in [-0.39, 0.29) is 11.3 Å². The average molecular weight is 264 g/mol. The summed E-state index contributed by atoms with van der Waals surface area (Å²) in [7, 11) is -3.39. The lowest BCUT2D eigenvalue weighted by atomic mass is 9.80. The van der Waals surface area contributed by atoms with Crippen LogP contribution in [0.25, 0.3) is 0 Å². The van der Waals surface area contributed by atoms with E-state index in [2.05, 4.69) is 4.72 Å². The van der Waals surface area contributed by atoms with Crippen molar-refractivity contribution in [2.24, 2.45) is 0 Å². The van der Waals surface area contributed by atoms with Gasteiger partial charge in [0.1, 0.15) is 0 Å². The monoisotopic (exact) mass is 264 g/mol. The zero-order chi connectivity index (χ0) is 13.2. The maximum atomic E-state index is 12.1. The first-order chi connectivity index (χ1) is 8.44. The van der Waals surface area contributed by atoms with Gasteiger partial charge >= 0.3 is 0 Å². The van der Waals surface area contributed by atoms with Crippen LogP contribution in [0.15, 0.2) is 24.3 Å². The predicted molar refractivity (Wildman–Crippen MR) is 69.2 cm³/mol. The van der Waals surface area contributed by atoms with Crippen molar-refractivity contribution in [2.75, 3.05) is 0 Å². The summed E-state index contributed by atoms with van der Waals surface area (Å²) in [5.74, 6) is -0.133. The quantitative estimate of drug-likeness (QED) is 0.903. The highest BCUT2D eigenvalue weighted by atomic mass is 32.2. The molecule has 0 unspecified atom stereocenters. The van der Waals surface area contributed by atoms with Crippen molar-refractivity contribution >= 4 is 10.0 Å². The molecule has 1 N–H and O–H groups in total. The summed E-state index contributed by atoms with van der Waals surface area (Å²) in [5.41, 5.74) is 0.678. The molecule has 0 aliphatic heterocycles.